The van der Waals surface area contributed by atoms with E-state index in [1.165, 1.54) is 13.0 Å². The topological polar surface area (TPSA) is 113 Å². The van der Waals surface area contributed by atoms with E-state index in [1.54, 1.807) is 13.8 Å². The molecule has 1 amide bonds. The fraction of sp³-hybridized carbons (Fsp3) is 0.455. The van der Waals surface area contributed by atoms with Gasteiger partial charge in [0.15, 0.2) is 0 Å². The van der Waals surface area contributed by atoms with Gasteiger partial charge in [-0.3, -0.25) is 9.59 Å². The molecule has 0 unspecified atom stereocenters. The van der Waals surface area contributed by atoms with E-state index >= 15 is 0 Å². The Labute approximate surface area is 121 Å². The molecular formula is C11H16N2O5S2. The van der Waals surface area contributed by atoms with E-state index in [1.807, 2.05) is 4.72 Å². The molecule has 9 heteroatoms. The van der Waals surface area contributed by atoms with Crippen LogP contribution in [0.15, 0.2) is 11.0 Å². The van der Waals surface area contributed by atoms with E-state index in [4.69, 9.17) is 5.11 Å². The molecule has 0 saturated heterocycles. The molecule has 20 heavy (non-hydrogen) atoms. The number of carbonyl (C=O) groups is 2. The molecule has 112 valence electrons. The van der Waals surface area contributed by atoms with Crippen molar-refractivity contribution < 1.29 is 23.1 Å². The van der Waals surface area contributed by atoms with Gasteiger partial charge >= 0.3 is 5.97 Å². The Hall–Kier alpha value is -1.45. The second-order valence-corrected chi connectivity index (χ2v) is 7.01. The zero-order chi connectivity index (χ0) is 15.5. The summed E-state index contributed by atoms with van der Waals surface area (Å²) in [6.07, 6.45) is 0. The van der Waals surface area contributed by atoms with Crippen LogP contribution in [0.25, 0.3) is 0 Å². The van der Waals surface area contributed by atoms with Gasteiger partial charge in [-0.2, -0.15) is 4.72 Å². The molecular weight excluding hydrogens is 304 g/mol. The number of aryl methyl sites for hydroxylation is 1. The van der Waals surface area contributed by atoms with Gasteiger partial charge in [0.25, 0.3) is 5.91 Å². The lowest BCUT2D eigenvalue weighted by atomic mass is 10.4. The van der Waals surface area contributed by atoms with Gasteiger partial charge in [0.2, 0.25) is 10.0 Å². The predicted octanol–water partition coefficient (Wildman–Crippen LogP) is 0.558. The zero-order valence-electron chi connectivity index (χ0n) is 11.3. The van der Waals surface area contributed by atoms with Crippen LogP contribution >= 0.6 is 11.3 Å². The molecule has 1 aromatic rings. The van der Waals surface area contributed by atoms with Gasteiger partial charge in [-0.05, 0) is 26.8 Å². The van der Waals surface area contributed by atoms with E-state index in [-0.39, 0.29) is 15.7 Å². The van der Waals surface area contributed by atoms with Crippen LogP contribution < -0.4 is 10.0 Å². The standard InChI is InChI=1S/C11H16N2O5S2/c1-4-12-10(14)8-5-9(7(3)19-8)20(17,18)13-6(2)11(15)16/h5-6,13H,4H2,1-3H3,(H,12,14)(H,15,16)/t6-/m0/s1. The highest BCUT2D eigenvalue weighted by molar-refractivity contribution is 7.89. The molecule has 0 spiro atoms. The van der Waals surface area contributed by atoms with Crippen molar-refractivity contribution in [1.82, 2.24) is 10.0 Å². The molecule has 1 aromatic heterocycles. The Kier molecular flexibility index (Phi) is 5.26. The van der Waals surface area contributed by atoms with E-state index in [0.29, 0.717) is 11.4 Å². The summed E-state index contributed by atoms with van der Waals surface area (Å²) in [5, 5.41) is 11.3. The van der Waals surface area contributed by atoms with Crippen LogP contribution in [0.1, 0.15) is 28.4 Å². The van der Waals surface area contributed by atoms with E-state index < -0.39 is 22.0 Å². The van der Waals surface area contributed by atoms with Gasteiger partial charge in [-0.25, -0.2) is 8.42 Å². The predicted molar refractivity (Wildman–Crippen MR) is 74.5 cm³/mol. The number of carboxylic acid groups (broad SMARTS) is 1. The van der Waals surface area contributed by atoms with Crippen molar-refractivity contribution in [2.24, 2.45) is 0 Å². The third-order valence-corrected chi connectivity index (χ3v) is 5.27. The number of hydrogen-bond donors (Lipinski definition) is 3. The van der Waals surface area contributed by atoms with E-state index in [9.17, 15) is 18.0 Å². The Morgan fingerprint density at radius 3 is 2.55 bits per heavy atom. The van der Waals surface area contributed by atoms with Gasteiger partial charge in [0, 0.05) is 11.4 Å². The molecule has 1 atom stereocenters. The maximum absolute atomic E-state index is 12.1. The minimum Gasteiger partial charge on any atom is -0.480 e. The van der Waals surface area contributed by atoms with Gasteiger partial charge in [0.05, 0.1) is 9.77 Å². The number of carboxylic acids is 1. The largest absolute Gasteiger partial charge is 0.480 e. The number of rotatable bonds is 6. The summed E-state index contributed by atoms with van der Waals surface area (Å²) in [5.74, 6) is -1.63. The highest BCUT2D eigenvalue weighted by Crippen LogP contribution is 2.25. The van der Waals surface area contributed by atoms with Crippen LogP contribution in [0.4, 0.5) is 0 Å². The van der Waals surface area contributed by atoms with Crippen LogP contribution in [0.5, 0.6) is 0 Å². The molecule has 0 fully saturated rings. The first-order valence-corrected chi connectivity index (χ1v) is 8.12. The molecule has 1 heterocycles. The third-order valence-electron chi connectivity index (χ3n) is 2.43. The monoisotopic (exact) mass is 320 g/mol. The fourth-order valence-electron chi connectivity index (χ4n) is 1.44. The number of hydrogen-bond acceptors (Lipinski definition) is 5. The number of aliphatic carboxylic acids is 1. The molecule has 0 bridgehead atoms. The van der Waals surface area contributed by atoms with Crippen molar-refractivity contribution in [3.63, 3.8) is 0 Å². The number of carbonyl (C=O) groups excluding carboxylic acids is 1. The van der Waals surface area contributed by atoms with Crippen LogP contribution in [0.3, 0.4) is 0 Å². The smallest absolute Gasteiger partial charge is 0.321 e. The Morgan fingerprint density at radius 1 is 1.45 bits per heavy atom. The minimum absolute atomic E-state index is 0.0724. The molecule has 0 aliphatic rings. The SMILES string of the molecule is CCNC(=O)c1cc(S(=O)(=O)N[C@@H](C)C(=O)O)c(C)s1. The maximum atomic E-state index is 12.1. The number of nitrogens with one attached hydrogen (secondary N) is 2. The van der Waals surface area contributed by atoms with Crippen LogP contribution in [0.2, 0.25) is 0 Å². The quantitative estimate of drug-likeness (QED) is 0.709. The maximum Gasteiger partial charge on any atom is 0.321 e. The summed E-state index contributed by atoms with van der Waals surface area (Å²) in [4.78, 5) is 23.0. The molecule has 1 rings (SSSR count). The molecule has 0 saturated carbocycles. The van der Waals surface area contributed by atoms with Gasteiger partial charge in [-0.15, -0.1) is 11.3 Å². The van der Waals surface area contributed by atoms with E-state index in [2.05, 4.69) is 5.32 Å². The summed E-state index contributed by atoms with van der Waals surface area (Å²) < 4.78 is 26.2. The fourth-order valence-corrected chi connectivity index (χ4v) is 4.14. The lowest BCUT2D eigenvalue weighted by molar-refractivity contribution is -0.138. The van der Waals surface area contributed by atoms with Crippen molar-refractivity contribution in [1.29, 1.82) is 0 Å². The summed E-state index contributed by atoms with van der Waals surface area (Å²) >= 11 is 1.05. The third kappa shape index (κ3) is 3.78. The number of thiophene rings is 1. The van der Waals surface area contributed by atoms with Crippen LogP contribution in [-0.2, 0) is 14.8 Å². The second kappa shape index (κ2) is 6.33. The molecule has 0 aliphatic heterocycles. The average Bonchev–Trinajstić information content (AvgIpc) is 2.71. The van der Waals surface area contributed by atoms with Crippen molar-refractivity contribution in [3.8, 4) is 0 Å². The number of sulfonamides is 1. The average molecular weight is 320 g/mol. The summed E-state index contributed by atoms with van der Waals surface area (Å²) in [7, 11) is -3.96. The first-order chi connectivity index (χ1) is 9.19. The summed E-state index contributed by atoms with van der Waals surface area (Å²) in [6, 6.07) is 0.00857. The highest BCUT2D eigenvalue weighted by Gasteiger charge is 2.26. The first kappa shape index (κ1) is 16.6. The Balaban J connectivity index is 3.07. The van der Waals surface area contributed by atoms with Crippen LogP contribution in [-0.4, -0.2) is 38.0 Å². The lowest BCUT2D eigenvalue weighted by Crippen LogP contribution is -2.38. The molecule has 0 aromatic carbocycles. The van der Waals surface area contributed by atoms with Gasteiger partial charge in [-0.1, -0.05) is 0 Å². The Morgan fingerprint density at radius 2 is 2.05 bits per heavy atom. The lowest BCUT2D eigenvalue weighted by Gasteiger charge is -2.09. The minimum atomic E-state index is -3.96. The van der Waals surface area contributed by atoms with Crippen molar-refractivity contribution in [3.05, 3.63) is 15.8 Å². The van der Waals surface area contributed by atoms with Gasteiger partial charge < -0.3 is 10.4 Å². The molecule has 3 N–H and O–H groups in total. The first-order valence-electron chi connectivity index (χ1n) is 5.82. The zero-order valence-corrected chi connectivity index (χ0v) is 12.9. The molecule has 7 nitrogen and oxygen atoms in total. The number of amides is 1. The van der Waals surface area contributed by atoms with Gasteiger partial charge in [0.1, 0.15) is 6.04 Å². The van der Waals surface area contributed by atoms with Crippen LogP contribution in [0, 0.1) is 6.92 Å². The highest BCUT2D eigenvalue weighted by atomic mass is 32.2. The summed E-state index contributed by atoms with van der Waals surface area (Å²) in [5.41, 5.74) is 0. The van der Waals surface area contributed by atoms with Crippen molar-refractivity contribution in [2.75, 3.05) is 6.54 Å². The van der Waals surface area contributed by atoms with Crippen molar-refractivity contribution in [2.45, 2.75) is 31.7 Å². The van der Waals surface area contributed by atoms with Crippen molar-refractivity contribution >= 4 is 33.2 Å². The Bertz CT molecular complexity index is 621. The molecule has 0 aliphatic carbocycles. The second-order valence-electron chi connectivity index (χ2n) is 4.07. The normalized spacial score (nSPS) is 12.9. The van der Waals surface area contributed by atoms with E-state index in [0.717, 1.165) is 11.3 Å². The summed E-state index contributed by atoms with van der Waals surface area (Å²) in [6.45, 7) is 4.98. The molecule has 0 radical (unpaired) electrons.